The van der Waals surface area contributed by atoms with E-state index in [1.54, 1.807) is 6.08 Å². The fourth-order valence-electron chi connectivity index (χ4n) is 0.220. The molecule has 0 saturated carbocycles. The summed E-state index contributed by atoms with van der Waals surface area (Å²) in [6.07, 6.45) is 2.14. The molecule has 7 heavy (non-hydrogen) atoms. The molecule has 0 aliphatic heterocycles. The molecule has 0 fully saturated rings. The first-order chi connectivity index (χ1) is 3.27. The molecule has 0 unspecified atom stereocenters. The van der Waals surface area contributed by atoms with Gasteiger partial charge in [-0.2, -0.15) is 0 Å². The van der Waals surface area contributed by atoms with Crippen molar-refractivity contribution in [2.75, 3.05) is 0 Å². The minimum absolute atomic E-state index is 0.0868. The zero-order valence-electron chi connectivity index (χ0n) is 4.02. The Morgan fingerprint density at radius 2 is 2.43 bits per heavy atom. The molecule has 0 N–H and O–H groups in total. The molecule has 0 rings (SSSR count). The SMILES string of the molecule is C=CCCC(=O)[O-]. The highest BCUT2D eigenvalue weighted by molar-refractivity contribution is 5.64. The van der Waals surface area contributed by atoms with E-state index in [0.29, 0.717) is 6.42 Å². The Labute approximate surface area is 42.5 Å². The Balaban J connectivity index is 2.97. The van der Waals surface area contributed by atoms with E-state index in [-0.39, 0.29) is 6.42 Å². The molecule has 0 saturated heterocycles. The van der Waals surface area contributed by atoms with Gasteiger partial charge in [-0.1, -0.05) is 6.08 Å². The van der Waals surface area contributed by atoms with E-state index in [9.17, 15) is 9.90 Å². The first-order valence-electron chi connectivity index (χ1n) is 2.08. The maximum atomic E-state index is 9.60. The summed E-state index contributed by atoms with van der Waals surface area (Å²) in [5.74, 6) is -1.01. The fourth-order valence-corrected chi connectivity index (χ4v) is 0.220. The Hall–Kier alpha value is -0.790. The summed E-state index contributed by atoms with van der Waals surface area (Å²) in [5, 5.41) is 9.60. The Morgan fingerprint density at radius 1 is 1.86 bits per heavy atom. The van der Waals surface area contributed by atoms with Crippen molar-refractivity contribution in [1.82, 2.24) is 0 Å². The molecule has 0 aromatic carbocycles. The smallest absolute Gasteiger partial charge is 0.0417 e. The number of carboxylic acid groups (broad SMARTS) is 1. The van der Waals surface area contributed by atoms with Crippen LogP contribution in [-0.4, -0.2) is 5.97 Å². The predicted molar refractivity (Wildman–Crippen MR) is 24.4 cm³/mol. The first kappa shape index (κ1) is 6.21. The van der Waals surface area contributed by atoms with E-state index >= 15 is 0 Å². The minimum Gasteiger partial charge on any atom is -0.550 e. The molecule has 0 aliphatic carbocycles. The minimum atomic E-state index is -1.01. The molecule has 0 bridgehead atoms. The summed E-state index contributed by atoms with van der Waals surface area (Å²) in [5.41, 5.74) is 0. The van der Waals surface area contributed by atoms with Crippen LogP contribution in [-0.2, 0) is 4.79 Å². The summed E-state index contributed by atoms with van der Waals surface area (Å²) < 4.78 is 0. The van der Waals surface area contributed by atoms with Gasteiger partial charge in [-0.15, -0.1) is 6.58 Å². The summed E-state index contributed by atoms with van der Waals surface area (Å²) in [4.78, 5) is 9.60. The monoisotopic (exact) mass is 99.0 g/mol. The number of aliphatic carboxylic acids is 1. The largest absolute Gasteiger partial charge is 0.550 e. The van der Waals surface area contributed by atoms with E-state index in [0.717, 1.165) is 0 Å². The second-order valence-corrected chi connectivity index (χ2v) is 1.20. The molecule has 0 aromatic rings. The van der Waals surface area contributed by atoms with Gasteiger partial charge in [-0.05, 0) is 12.8 Å². The topological polar surface area (TPSA) is 40.1 Å². The van der Waals surface area contributed by atoms with E-state index in [1.165, 1.54) is 0 Å². The molecule has 2 nitrogen and oxygen atoms in total. The van der Waals surface area contributed by atoms with Crippen molar-refractivity contribution in [2.45, 2.75) is 12.8 Å². The average Bonchev–Trinajstić information content (AvgIpc) is 1.61. The van der Waals surface area contributed by atoms with Crippen LogP contribution in [0.15, 0.2) is 12.7 Å². The van der Waals surface area contributed by atoms with E-state index in [4.69, 9.17) is 0 Å². The lowest BCUT2D eigenvalue weighted by molar-refractivity contribution is -0.305. The van der Waals surface area contributed by atoms with Crippen LogP contribution in [0.3, 0.4) is 0 Å². The van der Waals surface area contributed by atoms with Gasteiger partial charge in [0.15, 0.2) is 0 Å². The van der Waals surface area contributed by atoms with Crippen molar-refractivity contribution >= 4 is 5.97 Å². The lowest BCUT2D eigenvalue weighted by Gasteiger charge is -1.93. The molecule has 0 radical (unpaired) electrons. The van der Waals surface area contributed by atoms with Crippen molar-refractivity contribution < 1.29 is 9.90 Å². The van der Waals surface area contributed by atoms with Crippen molar-refractivity contribution in [3.05, 3.63) is 12.7 Å². The fraction of sp³-hybridized carbons (Fsp3) is 0.400. The summed E-state index contributed by atoms with van der Waals surface area (Å²) in [6, 6.07) is 0. The zero-order chi connectivity index (χ0) is 5.70. The number of hydrogen-bond acceptors (Lipinski definition) is 2. The zero-order valence-corrected chi connectivity index (χ0v) is 4.02. The van der Waals surface area contributed by atoms with Gasteiger partial charge in [0.25, 0.3) is 0 Å². The molecule has 0 aliphatic rings. The molecule has 0 spiro atoms. The van der Waals surface area contributed by atoms with Gasteiger partial charge in [-0.3, -0.25) is 0 Å². The molecule has 2 heteroatoms. The Morgan fingerprint density at radius 3 is 2.57 bits per heavy atom. The van der Waals surface area contributed by atoms with Gasteiger partial charge in [0.05, 0.1) is 0 Å². The van der Waals surface area contributed by atoms with Crippen LogP contribution in [0.5, 0.6) is 0 Å². The van der Waals surface area contributed by atoms with Crippen LogP contribution >= 0.6 is 0 Å². The summed E-state index contributed by atoms with van der Waals surface area (Å²) in [6.45, 7) is 3.34. The number of carbonyl (C=O) groups is 1. The molecular weight excluding hydrogens is 92.1 g/mol. The lowest BCUT2D eigenvalue weighted by Crippen LogP contribution is -2.21. The highest BCUT2D eigenvalue weighted by Gasteiger charge is 1.77. The molecule has 0 amide bonds. The van der Waals surface area contributed by atoms with Crippen molar-refractivity contribution in [1.29, 1.82) is 0 Å². The maximum absolute atomic E-state index is 9.60. The van der Waals surface area contributed by atoms with Crippen LogP contribution < -0.4 is 5.11 Å². The highest BCUT2D eigenvalue weighted by Crippen LogP contribution is 1.83. The molecule has 40 valence electrons. The number of carboxylic acids is 1. The average molecular weight is 99.1 g/mol. The van der Waals surface area contributed by atoms with Gasteiger partial charge < -0.3 is 9.90 Å². The standard InChI is InChI=1S/C5H8O2/c1-2-3-4-5(6)7/h2H,1,3-4H2,(H,6,7)/p-1. The van der Waals surface area contributed by atoms with Crippen LogP contribution in [0.2, 0.25) is 0 Å². The van der Waals surface area contributed by atoms with Crippen molar-refractivity contribution in [3.63, 3.8) is 0 Å². The molecule has 0 aromatic heterocycles. The number of allylic oxidation sites excluding steroid dienone is 1. The van der Waals surface area contributed by atoms with Crippen LogP contribution in [0.1, 0.15) is 12.8 Å². The maximum Gasteiger partial charge on any atom is 0.0417 e. The predicted octanol–water partition coefficient (Wildman–Crippen LogP) is -0.298. The third kappa shape index (κ3) is 5.21. The van der Waals surface area contributed by atoms with E-state index in [1.807, 2.05) is 0 Å². The number of rotatable bonds is 3. The normalized spacial score (nSPS) is 8.00. The lowest BCUT2D eigenvalue weighted by atomic mass is 10.3. The summed E-state index contributed by atoms with van der Waals surface area (Å²) >= 11 is 0. The van der Waals surface area contributed by atoms with Gasteiger partial charge in [0.2, 0.25) is 0 Å². The van der Waals surface area contributed by atoms with E-state index < -0.39 is 5.97 Å². The third-order valence-electron chi connectivity index (χ3n) is 0.553. The van der Waals surface area contributed by atoms with Gasteiger partial charge in [0.1, 0.15) is 0 Å². The second kappa shape index (κ2) is 3.40. The van der Waals surface area contributed by atoms with Crippen LogP contribution in [0.25, 0.3) is 0 Å². The Bertz CT molecular complexity index is 76.1. The van der Waals surface area contributed by atoms with Gasteiger partial charge >= 0.3 is 0 Å². The molecule has 0 atom stereocenters. The van der Waals surface area contributed by atoms with Gasteiger partial charge in [-0.25, -0.2) is 0 Å². The quantitative estimate of drug-likeness (QED) is 0.456. The first-order valence-corrected chi connectivity index (χ1v) is 2.08. The molecule has 0 heterocycles. The third-order valence-corrected chi connectivity index (χ3v) is 0.553. The van der Waals surface area contributed by atoms with Crippen LogP contribution in [0, 0.1) is 0 Å². The highest BCUT2D eigenvalue weighted by atomic mass is 16.4. The van der Waals surface area contributed by atoms with Crippen molar-refractivity contribution in [3.8, 4) is 0 Å². The summed E-state index contributed by atoms with van der Waals surface area (Å²) in [7, 11) is 0. The Kier molecular flexibility index (Phi) is 3.02. The molecular formula is C5H7O2-. The van der Waals surface area contributed by atoms with Crippen molar-refractivity contribution in [2.24, 2.45) is 0 Å². The van der Waals surface area contributed by atoms with Crippen LogP contribution in [0.4, 0.5) is 0 Å². The van der Waals surface area contributed by atoms with E-state index in [2.05, 4.69) is 6.58 Å². The second-order valence-electron chi connectivity index (χ2n) is 1.20. The van der Waals surface area contributed by atoms with Gasteiger partial charge in [0, 0.05) is 5.97 Å². The number of hydrogen-bond donors (Lipinski definition) is 0. The number of carbonyl (C=O) groups excluding carboxylic acids is 1.